The number of nitrogens with zero attached hydrogens (tertiary/aromatic N) is 3. The van der Waals surface area contributed by atoms with E-state index in [-0.39, 0.29) is 5.91 Å². The van der Waals surface area contributed by atoms with E-state index in [2.05, 4.69) is 0 Å². The Morgan fingerprint density at radius 2 is 1.82 bits per heavy atom. The van der Waals surface area contributed by atoms with Crippen LogP contribution < -0.4 is 0 Å². The van der Waals surface area contributed by atoms with Crippen LogP contribution in [0.1, 0.15) is 24.8 Å². The Balaban J connectivity index is 1.58. The van der Waals surface area contributed by atoms with Crippen LogP contribution in [-0.4, -0.2) is 80.3 Å². The maximum Gasteiger partial charge on any atom is 0.281 e. The maximum absolute atomic E-state index is 12.8. The van der Waals surface area contributed by atoms with Gasteiger partial charge in [-0.3, -0.25) is 4.79 Å². The van der Waals surface area contributed by atoms with Crippen molar-refractivity contribution in [2.45, 2.75) is 24.9 Å². The van der Waals surface area contributed by atoms with Crippen LogP contribution in [0.2, 0.25) is 0 Å². The molecule has 0 atom stereocenters. The average molecular weight is 408 g/mol. The Kier molecular flexibility index (Phi) is 6.54. The van der Waals surface area contributed by atoms with E-state index in [0.29, 0.717) is 52.0 Å². The Morgan fingerprint density at radius 3 is 2.46 bits per heavy atom. The fraction of sp³-hybridized carbons (Fsp3) is 0.550. The number of carbonyl (C=O) groups is 1. The molecule has 2 saturated heterocycles. The first-order chi connectivity index (χ1) is 13.3. The third kappa shape index (κ3) is 4.81. The zero-order valence-electron chi connectivity index (χ0n) is 16.6. The normalized spacial score (nSPS) is 21.5. The second kappa shape index (κ2) is 8.73. The molecule has 1 spiro atoms. The molecule has 0 saturated carbocycles. The van der Waals surface area contributed by atoms with Crippen LogP contribution in [0.15, 0.2) is 36.4 Å². The minimum atomic E-state index is -3.42. The van der Waals surface area contributed by atoms with Gasteiger partial charge in [-0.05, 0) is 18.4 Å². The predicted molar refractivity (Wildman–Crippen MR) is 109 cm³/mol. The minimum absolute atomic E-state index is 0.0686. The monoisotopic (exact) mass is 407 g/mol. The lowest BCUT2D eigenvalue weighted by atomic mass is 9.88. The van der Waals surface area contributed by atoms with Crippen molar-refractivity contribution in [3.05, 3.63) is 42.0 Å². The van der Waals surface area contributed by atoms with Crippen LogP contribution in [0.5, 0.6) is 0 Å². The van der Waals surface area contributed by atoms with Crippen LogP contribution in [0, 0.1) is 0 Å². The Hall–Kier alpha value is -1.74. The summed E-state index contributed by atoms with van der Waals surface area (Å²) in [6, 6.07) is 9.98. The van der Waals surface area contributed by atoms with Crippen molar-refractivity contribution >= 4 is 22.2 Å². The molecule has 2 heterocycles. The zero-order chi connectivity index (χ0) is 20.2. The van der Waals surface area contributed by atoms with Crippen LogP contribution in [-0.2, 0) is 19.7 Å². The summed E-state index contributed by atoms with van der Waals surface area (Å²) >= 11 is 0. The molecule has 1 aromatic carbocycles. The van der Waals surface area contributed by atoms with Gasteiger partial charge in [-0.1, -0.05) is 42.5 Å². The van der Waals surface area contributed by atoms with Crippen LogP contribution in [0.3, 0.4) is 0 Å². The minimum Gasteiger partial charge on any atom is -0.373 e. The lowest BCUT2D eigenvalue weighted by molar-refractivity contribution is -0.134. The summed E-state index contributed by atoms with van der Waals surface area (Å²) in [5.41, 5.74) is 0.555. The first kappa shape index (κ1) is 21.0. The molecule has 0 unspecified atom stereocenters. The van der Waals surface area contributed by atoms with E-state index in [1.165, 1.54) is 22.7 Å². The van der Waals surface area contributed by atoms with Crippen molar-refractivity contribution in [1.29, 1.82) is 0 Å². The van der Waals surface area contributed by atoms with E-state index >= 15 is 0 Å². The molecular weight excluding hydrogens is 378 g/mol. The van der Waals surface area contributed by atoms with Crippen LogP contribution in [0.4, 0.5) is 0 Å². The highest BCUT2D eigenvalue weighted by Gasteiger charge is 2.43. The van der Waals surface area contributed by atoms with Crippen molar-refractivity contribution in [3.8, 4) is 0 Å². The number of ether oxygens (including phenoxy) is 1. The summed E-state index contributed by atoms with van der Waals surface area (Å²) in [4.78, 5) is 14.6. The van der Waals surface area contributed by atoms with E-state index in [1.807, 2.05) is 47.4 Å². The van der Waals surface area contributed by atoms with Gasteiger partial charge in [0, 0.05) is 40.3 Å². The largest absolute Gasteiger partial charge is 0.373 e. The van der Waals surface area contributed by atoms with E-state index in [9.17, 15) is 13.2 Å². The highest BCUT2D eigenvalue weighted by Crippen LogP contribution is 2.33. The van der Waals surface area contributed by atoms with E-state index in [0.717, 1.165) is 5.56 Å². The van der Waals surface area contributed by atoms with E-state index in [1.54, 1.807) is 0 Å². The molecule has 3 rings (SSSR count). The van der Waals surface area contributed by atoms with Gasteiger partial charge in [-0.25, -0.2) is 0 Å². The van der Waals surface area contributed by atoms with Gasteiger partial charge in [0.2, 0.25) is 5.91 Å². The van der Waals surface area contributed by atoms with E-state index in [4.69, 9.17) is 4.74 Å². The number of carbonyl (C=O) groups excluding carboxylic acids is 1. The molecule has 0 radical (unpaired) electrons. The molecule has 1 amide bonds. The SMILES string of the molecule is CN(C)S(=O)(=O)N1CCC2(CC1)CC(=O)N(C/C=C/c1ccccc1)CCO2. The molecule has 8 heteroatoms. The topological polar surface area (TPSA) is 70.2 Å². The molecule has 154 valence electrons. The van der Waals surface area contributed by atoms with Crippen LogP contribution in [0.25, 0.3) is 6.08 Å². The second-order valence-corrected chi connectivity index (χ2v) is 9.69. The molecule has 2 aliphatic heterocycles. The summed E-state index contributed by atoms with van der Waals surface area (Å²) < 4.78 is 33.4. The summed E-state index contributed by atoms with van der Waals surface area (Å²) in [5.74, 6) is 0.0686. The number of amides is 1. The van der Waals surface area contributed by atoms with Crippen molar-refractivity contribution < 1.29 is 17.9 Å². The molecule has 0 N–H and O–H groups in total. The molecule has 28 heavy (non-hydrogen) atoms. The van der Waals surface area contributed by atoms with E-state index < -0.39 is 15.8 Å². The van der Waals surface area contributed by atoms with Gasteiger partial charge in [-0.15, -0.1) is 0 Å². The third-order valence-electron chi connectivity index (χ3n) is 5.45. The summed E-state index contributed by atoms with van der Waals surface area (Å²) in [7, 11) is -0.353. The highest BCUT2D eigenvalue weighted by atomic mass is 32.2. The zero-order valence-corrected chi connectivity index (χ0v) is 17.4. The van der Waals surface area contributed by atoms with Gasteiger partial charge in [0.1, 0.15) is 0 Å². The van der Waals surface area contributed by atoms with Gasteiger partial charge in [0.05, 0.1) is 18.6 Å². The quantitative estimate of drug-likeness (QED) is 0.743. The molecule has 2 fully saturated rings. The van der Waals surface area contributed by atoms with Crippen molar-refractivity contribution in [2.75, 3.05) is 46.9 Å². The van der Waals surface area contributed by atoms with Gasteiger partial charge in [0.25, 0.3) is 10.2 Å². The first-order valence-electron chi connectivity index (χ1n) is 9.63. The van der Waals surface area contributed by atoms with Crippen LogP contribution >= 0.6 is 0 Å². The number of piperidine rings is 1. The Labute approximate surface area is 167 Å². The lowest BCUT2D eigenvalue weighted by Gasteiger charge is -2.40. The van der Waals surface area contributed by atoms with Crippen molar-refractivity contribution in [1.82, 2.24) is 13.5 Å². The maximum atomic E-state index is 12.8. The van der Waals surface area contributed by atoms with Gasteiger partial charge in [-0.2, -0.15) is 17.0 Å². The van der Waals surface area contributed by atoms with Crippen molar-refractivity contribution in [2.24, 2.45) is 0 Å². The lowest BCUT2D eigenvalue weighted by Crippen LogP contribution is -2.51. The molecule has 0 bridgehead atoms. The number of rotatable bonds is 5. The molecule has 0 aliphatic carbocycles. The fourth-order valence-electron chi connectivity index (χ4n) is 3.69. The fourth-order valence-corrected chi connectivity index (χ4v) is 4.79. The van der Waals surface area contributed by atoms with Crippen molar-refractivity contribution in [3.63, 3.8) is 0 Å². The average Bonchev–Trinajstić information content (AvgIpc) is 2.82. The molecule has 2 aliphatic rings. The summed E-state index contributed by atoms with van der Waals surface area (Å²) in [5, 5.41) is 0. The molecule has 0 aromatic heterocycles. The standard InChI is InChI=1S/C20H29N3O4S/c1-21(2)28(25,26)23-13-10-20(11-14-23)17-19(24)22(15-16-27-20)12-6-9-18-7-4-3-5-8-18/h3-9H,10-17H2,1-2H3/b9-6+. The Bertz CT molecular complexity index is 800. The summed E-state index contributed by atoms with van der Waals surface area (Å²) in [6.07, 6.45) is 5.40. The smallest absolute Gasteiger partial charge is 0.281 e. The van der Waals surface area contributed by atoms with Gasteiger partial charge >= 0.3 is 0 Å². The second-order valence-electron chi connectivity index (χ2n) is 7.55. The third-order valence-corrected chi connectivity index (χ3v) is 7.39. The number of hydrogen-bond donors (Lipinski definition) is 0. The Morgan fingerprint density at radius 1 is 1.14 bits per heavy atom. The molecular formula is C20H29N3O4S. The van der Waals surface area contributed by atoms with Gasteiger partial charge in [0.15, 0.2) is 0 Å². The number of benzene rings is 1. The summed E-state index contributed by atoms with van der Waals surface area (Å²) in [6.45, 7) is 2.34. The highest BCUT2D eigenvalue weighted by molar-refractivity contribution is 7.86. The first-order valence-corrected chi connectivity index (χ1v) is 11.0. The van der Waals surface area contributed by atoms with Gasteiger partial charge < -0.3 is 9.64 Å². The molecule has 7 nitrogen and oxygen atoms in total. The predicted octanol–water partition coefficient (Wildman–Crippen LogP) is 1.59. The molecule has 1 aromatic rings. The number of hydrogen-bond acceptors (Lipinski definition) is 4.